The summed E-state index contributed by atoms with van der Waals surface area (Å²) in [5, 5.41) is 2.08. The number of pyridine rings is 1. The fourth-order valence-electron chi connectivity index (χ4n) is 2.26. The number of urea groups is 1. The minimum atomic E-state index is -1.25. The molecule has 3 amide bonds. The van der Waals surface area contributed by atoms with Crippen molar-refractivity contribution in [2.24, 2.45) is 5.73 Å². The number of amides is 3. The van der Waals surface area contributed by atoms with Crippen LogP contribution in [-0.2, 0) is 4.79 Å². The monoisotopic (exact) mass is 355 g/mol. The molecule has 1 aliphatic rings. The van der Waals surface area contributed by atoms with E-state index in [1.807, 2.05) is 0 Å². The van der Waals surface area contributed by atoms with Gasteiger partial charge in [-0.25, -0.2) is 14.7 Å². The van der Waals surface area contributed by atoms with E-state index in [1.165, 1.54) is 18.2 Å². The number of thiophene rings is 1. The predicted molar refractivity (Wildman–Crippen MR) is 82.7 cm³/mol. The first-order valence-corrected chi connectivity index (χ1v) is 7.62. The van der Waals surface area contributed by atoms with Crippen LogP contribution in [0.5, 0.6) is 0 Å². The summed E-state index contributed by atoms with van der Waals surface area (Å²) in [6, 6.07) is 3.33. The lowest BCUT2D eigenvalue weighted by Crippen LogP contribution is -2.40. The first-order valence-electron chi connectivity index (χ1n) is 5.98. The van der Waals surface area contributed by atoms with E-state index in [1.54, 1.807) is 5.38 Å². The van der Waals surface area contributed by atoms with Gasteiger partial charge in [0.15, 0.2) is 5.78 Å². The molecule has 0 aromatic carbocycles. The first-order chi connectivity index (χ1) is 10.4. The lowest BCUT2D eigenvalue weighted by Gasteiger charge is -2.11. The van der Waals surface area contributed by atoms with Gasteiger partial charge in [0.2, 0.25) is 0 Å². The van der Waals surface area contributed by atoms with Crippen LogP contribution < -0.4 is 10.6 Å². The van der Waals surface area contributed by atoms with Crippen molar-refractivity contribution >= 4 is 57.9 Å². The molecular weight excluding hydrogens is 349 g/mol. The predicted octanol–water partition coefficient (Wildman–Crippen LogP) is 2.84. The van der Waals surface area contributed by atoms with Crippen molar-refractivity contribution in [2.45, 2.75) is 5.92 Å². The molecule has 6 nitrogen and oxygen atoms in total. The largest absolute Gasteiger partial charge is 0.351 e. The molecule has 3 rings (SSSR count). The highest BCUT2D eigenvalue weighted by Gasteiger charge is 2.46. The van der Waals surface area contributed by atoms with Gasteiger partial charge in [-0.15, -0.1) is 11.3 Å². The highest BCUT2D eigenvalue weighted by Crippen LogP contribution is 2.39. The molecule has 2 aromatic heterocycles. The Hall–Kier alpha value is -1.96. The van der Waals surface area contributed by atoms with Crippen LogP contribution in [0.2, 0.25) is 10.2 Å². The Bertz CT molecular complexity index is 821. The van der Waals surface area contributed by atoms with Crippen molar-refractivity contribution < 1.29 is 14.4 Å². The maximum Gasteiger partial charge on any atom is 0.326 e. The Morgan fingerprint density at radius 3 is 2.64 bits per heavy atom. The third-order valence-corrected chi connectivity index (χ3v) is 4.65. The molecular formula is C13H7Cl2N3O3S. The molecule has 1 aliphatic heterocycles. The van der Waals surface area contributed by atoms with Crippen molar-refractivity contribution in [1.82, 2.24) is 4.98 Å². The van der Waals surface area contributed by atoms with E-state index in [2.05, 4.69) is 4.98 Å². The number of imide groups is 1. The molecule has 22 heavy (non-hydrogen) atoms. The van der Waals surface area contributed by atoms with Crippen molar-refractivity contribution in [3.63, 3.8) is 0 Å². The van der Waals surface area contributed by atoms with E-state index in [0.29, 0.717) is 9.90 Å². The number of aromatic nitrogens is 1. The number of hydrogen-bond donors (Lipinski definition) is 1. The third-order valence-electron chi connectivity index (χ3n) is 3.14. The lowest BCUT2D eigenvalue weighted by atomic mass is 10.00. The number of ketones is 1. The van der Waals surface area contributed by atoms with E-state index in [0.717, 1.165) is 16.2 Å². The smallest absolute Gasteiger partial charge is 0.326 e. The lowest BCUT2D eigenvalue weighted by molar-refractivity contribution is -0.117. The zero-order valence-electron chi connectivity index (χ0n) is 10.7. The number of Topliss-reactive ketones (excluding diaryl/α,β-unsaturated/α-hetero) is 1. The molecule has 0 spiro atoms. The molecule has 9 heteroatoms. The van der Waals surface area contributed by atoms with E-state index in [-0.39, 0.29) is 16.5 Å². The number of hydrogen-bond acceptors (Lipinski definition) is 5. The fraction of sp³-hybridized carbons (Fsp3) is 0.0769. The molecule has 1 unspecified atom stereocenters. The average Bonchev–Trinajstić information content (AvgIpc) is 2.98. The van der Waals surface area contributed by atoms with E-state index in [4.69, 9.17) is 28.9 Å². The van der Waals surface area contributed by atoms with Crippen LogP contribution in [-0.4, -0.2) is 22.7 Å². The summed E-state index contributed by atoms with van der Waals surface area (Å²) in [5.41, 5.74) is 5.51. The van der Waals surface area contributed by atoms with Gasteiger partial charge < -0.3 is 5.73 Å². The molecule has 2 aromatic rings. The van der Waals surface area contributed by atoms with Gasteiger partial charge in [-0.3, -0.25) is 9.59 Å². The molecule has 0 saturated carbocycles. The van der Waals surface area contributed by atoms with Gasteiger partial charge in [0.05, 0.1) is 21.3 Å². The molecule has 0 aliphatic carbocycles. The number of nitrogens with zero attached hydrogens (tertiary/aromatic N) is 2. The van der Waals surface area contributed by atoms with E-state index >= 15 is 0 Å². The van der Waals surface area contributed by atoms with Crippen LogP contribution in [0.15, 0.2) is 23.6 Å². The molecule has 0 fully saturated rings. The van der Waals surface area contributed by atoms with Crippen molar-refractivity contribution in [3.05, 3.63) is 44.3 Å². The minimum absolute atomic E-state index is 0.111. The number of anilines is 1. The van der Waals surface area contributed by atoms with Crippen molar-refractivity contribution in [2.75, 3.05) is 4.90 Å². The molecule has 0 bridgehead atoms. The SMILES string of the molecule is NC(=O)N1C(=O)C(C(=O)c2cc(Cl)cs2)c2nc(Cl)ccc21. The van der Waals surface area contributed by atoms with Crippen LogP contribution in [0.25, 0.3) is 0 Å². The number of fused-ring (bicyclic) bond motifs is 1. The summed E-state index contributed by atoms with van der Waals surface area (Å²) < 4.78 is 0. The second kappa shape index (κ2) is 5.35. The first kappa shape index (κ1) is 15.0. The van der Waals surface area contributed by atoms with Gasteiger partial charge in [-0.05, 0) is 18.2 Å². The summed E-state index contributed by atoms with van der Waals surface area (Å²) in [6.07, 6.45) is 0. The Labute approximate surface area is 138 Å². The molecule has 0 radical (unpaired) electrons. The summed E-state index contributed by atoms with van der Waals surface area (Å²) >= 11 is 12.7. The number of halogens is 2. The van der Waals surface area contributed by atoms with Crippen LogP contribution in [0.4, 0.5) is 10.5 Å². The van der Waals surface area contributed by atoms with Crippen LogP contribution in [0, 0.1) is 0 Å². The molecule has 1 atom stereocenters. The quantitative estimate of drug-likeness (QED) is 0.509. The van der Waals surface area contributed by atoms with Gasteiger partial charge in [-0.1, -0.05) is 23.2 Å². The third kappa shape index (κ3) is 2.27. The summed E-state index contributed by atoms with van der Waals surface area (Å²) in [6.45, 7) is 0. The zero-order chi connectivity index (χ0) is 16.0. The Balaban J connectivity index is 2.12. The van der Waals surface area contributed by atoms with Gasteiger partial charge in [0.1, 0.15) is 11.1 Å². The van der Waals surface area contributed by atoms with Crippen LogP contribution in [0.3, 0.4) is 0 Å². The van der Waals surface area contributed by atoms with Crippen LogP contribution in [0.1, 0.15) is 21.3 Å². The molecule has 0 saturated heterocycles. The summed E-state index contributed by atoms with van der Waals surface area (Å²) in [4.78, 5) is 41.6. The van der Waals surface area contributed by atoms with Gasteiger partial charge in [0, 0.05) is 5.38 Å². The number of primary amides is 1. The second-order valence-corrected chi connectivity index (χ2v) is 6.21. The van der Waals surface area contributed by atoms with E-state index in [9.17, 15) is 14.4 Å². The summed E-state index contributed by atoms with van der Waals surface area (Å²) in [5.74, 6) is -2.50. The highest BCUT2D eigenvalue weighted by molar-refractivity contribution is 7.12. The summed E-state index contributed by atoms with van der Waals surface area (Å²) in [7, 11) is 0. The molecule has 3 heterocycles. The van der Waals surface area contributed by atoms with E-state index < -0.39 is 23.6 Å². The minimum Gasteiger partial charge on any atom is -0.351 e. The zero-order valence-corrected chi connectivity index (χ0v) is 13.1. The van der Waals surface area contributed by atoms with Crippen molar-refractivity contribution in [3.8, 4) is 0 Å². The standard InChI is InChI=1S/C13H7Cl2N3O3S/c14-5-3-7(22-4-5)11(19)9-10-6(1-2-8(15)17-10)18(12(9)20)13(16)21/h1-4,9H,(H2,16,21). The molecule has 112 valence electrons. The number of carbonyl (C=O) groups excluding carboxylic acids is 3. The number of carbonyl (C=O) groups is 3. The second-order valence-electron chi connectivity index (χ2n) is 4.48. The number of rotatable bonds is 2. The van der Waals surface area contributed by atoms with Crippen LogP contribution >= 0.6 is 34.5 Å². The Morgan fingerprint density at radius 2 is 2.05 bits per heavy atom. The molecule has 2 N–H and O–H groups in total. The fourth-order valence-corrected chi connectivity index (χ4v) is 3.46. The highest BCUT2D eigenvalue weighted by atomic mass is 35.5. The van der Waals surface area contributed by atoms with Gasteiger partial charge in [0.25, 0.3) is 5.91 Å². The average molecular weight is 356 g/mol. The maximum absolute atomic E-state index is 12.6. The van der Waals surface area contributed by atoms with Gasteiger partial charge >= 0.3 is 6.03 Å². The van der Waals surface area contributed by atoms with Gasteiger partial charge in [-0.2, -0.15) is 0 Å². The van der Waals surface area contributed by atoms with Crippen molar-refractivity contribution in [1.29, 1.82) is 0 Å². The normalized spacial score (nSPS) is 16.7. The Kier molecular flexibility index (Phi) is 3.64. The topological polar surface area (TPSA) is 93.4 Å². The number of nitrogens with two attached hydrogens (primary N) is 1. The Morgan fingerprint density at radius 1 is 1.32 bits per heavy atom. The maximum atomic E-state index is 12.6.